The van der Waals surface area contributed by atoms with E-state index in [-0.39, 0.29) is 16.8 Å². The summed E-state index contributed by atoms with van der Waals surface area (Å²) >= 11 is 1.23. The lowest BCUT2D eigenvalue weighted by Gasteiger charge is -2.12. The quantitative estimate of drug-likeness (QED) is 0.491. The third-order valence-electron chi connectivity index (χ3n) is 2.80. The lowest BCUT2D eigenvalue weighted by Crippen LogP contribution is -2.06. The number of halogens is 2. The van der Waals surface area contributed by atoms with Crippen molar-refractivity contribution in [3.63, 3.8) is 0 Å². The summed E-state index contributed by atoms with van der Waals surface area (Å²) in [5.41, 5.74) is 0.222. The molecule has 0 atom stereocenters. The van der Waals surface area contributed by atoms with E-state index in [4.69, 9.17) is 0 Å². The fourth-order valence-electron chi connectivity index (χ4n) is 1.83. The molecule has 0 saturated carbocycles. The SMILES string of the molecule is COC(=O)c1ccccc1-c1nc(SC)ncc1C(F)F. The van der Waals surface area contributed by atoms with Crippen molar-refractivity contribution in [2.75, 3.05) is 13.4 Å². The molecule has 2 aromatic rings. The van der Waals surface area contributed by atoms with Crippen LogP contribution in [0.25, 0.3) is 11.3 Å². The van der Waals surface area contributed by atoms with Crippen LogP contribution in [0.4, 0.5) is 8.78 Å². The first-order valence-corrected chi connectivity index (χ1v) is 7.17. The minimum Gasteiger partial charge on any atom is -0.465 e. The second-order valence-corrected chi connectivity index (χ2v) is 4.77. The molecule has 0 N–H and O–H groups in total. The minimum absolute atomic E-state index is 0.0466. The van der Waals surface area contributed by atoms with Gasteiger partial charge < -0.3 is 4.74 Å². The highest BCUT2D eigenvalue weighted by Gasteiger charge is 2.21. The van der Waals surface area contributed by atoms with Crippen LogP contribution in [0.1, 0.15) is 22.3 Å². The maximum absolute atomic E-state index is 13.2. The third-order valence-corrected chi connectivity index (χ3v) is 3.36. The summed E-state index contributed by atoms with van der Waals surface area (Å²) in [6.07, 6.45) is 0.0990. The van der Waals surface area contributed by atoms with Crippen LogP contribution in [0.3, 0.4) is 0 Å². The number of methoxy groups -OCH3 is 1. The first kappa shape index (κ1) is 15.4. The second-order valence-electron chi connectivity index (χ2n) is 4.00. The van der Waals surface area contributed by atoms with Crippen LogP contribution in [-0.2, 0) is 4.74 Å². The maximum Gasteiger partial charge on any atom is 0.338 e. The van der Waals surface area contributed by atoms with Crippen molar-refractivity contribution in [2.45, 2.75) is 11.6 Å². The van der Waals surface area contributed by atoms with E-state index in [0.717, 1.165) is 6.20 Å². The molecule has 1 aromatic carbocycles. The van der Waals surface area contributed by atoms with Crippen LogP contribution in [0, 0.1) is 0 Å². The van der Waals surface area contributed by atoms with Gasteiger partial charge in [0.25, 0.3) is 6.43 Å². The summed E-state index contributed by atoms with van der Waals surface area (Å²) < 4.78 is 31.0. The van der Waals surface area contributed by atoms with Gasteiger partial charge in [0.2, 0.25) is 0 Å². The Hall–Kier alpha value is -2.02. The Kier molecular flexibility index (Phi) is 4.85. The van der Waals surface area contributed by atoms with Gasteiger partial charge >= 0.3 is 5.97 Å². The molecule has 21 heavy (non-hydrogen) atoms. The Balaban J connectivity index is 2.68. The molecule has 0 aliphatic heterocycles. The van der Waals surface area contributed by atoms with Crippen molar-refractivity contribution in [3.8, 4) is 11.3 Å². The first-order chi connectivity index (χ1) is 10.1. The van der Waals surface area contributed by atoms with Crippen molar-refractivity contribution in [3.05, 3.63) is 41.6 Å². The van der Waals surface area contributed by atoms with Crippen LogP contribution in [0.5, 0.6) is 0 Å². The Morgan fingerprint density at radius 3 is 2.67 bits per heavy atom. The van der Waals surface area contributed by atoms with E-state index < -0.39 is 12.4 Å². The largest absolute Gasteiger partial charge is 0.465 e. The van der Waals surface area contributed by atoms with Crippen LogP contribution in [0.15, 0.2) is 35.6 Å². The summed E-state index contributed by atoms with van der Waals surface area (Å²) in [6, 6.07) is 6.36. The number of esters is 1. The van der Waals surface area contributed by atoms with Gasteiger partial charge in [-0.25, -0.2) is 23.5 Å². The number of benzene rings is 1. The Morgan fingerprint density at radius 2 is 2.05 bits per heavy atom. The molecule has 1 heterocycles. The average Bonchev–Trinajstić information content (AvgIpc) is 2.53. The fourth-order valence-corrected chi connectivity index (χ4v) is 2.17. The molecule has 0 saturated heterocycles. The van der Waals surface area contributed by atoms with Crippen molar-refractivity contribution in [1.82, 2.24) is 9.97 Å². The molecular weight excluding hydrogens is 298 g/mol. The average molecular weight is 310 g/mol. The molecule has 1 aromatic heterocycles. The molecule has 7 heteroatoms. The highest BCUT2D eigenvalue weighted by molar-refractivity contribution is 7.98. The van der Waals surface area contributed by atoms with Crippen molar-refractivity contribution >= 4 is 17.7 Å². The Bertz CT molecular complexity index is 665. The maximum atomic E-state index is 13.2. The van der Waals surface area contributed by atoms with Gasteiger partial charge in [0, 0.05) is 11.8 Å². The molecule has 0 unspecified atom stereocenters. The predicted molar refractivity (Wildman–Crippen MR) is 75.5 cm³/mol. The van der Waals surface area contributed by atoms with Crippen molar-refractivity contribution in [2.24, 2.45) is 0 Å². The molecule has 0 radical (unpaired) electrons. The molecule has 0 aliphatic carbocycles. The standard InChI is InChI=1S/C14H12F2N2O2S/c1-20-13(19)9-6-4-3-5-8(9)11-10(12(15)16)7-17-14(18-11)21-2/h3-7,12H,1-2H3. The van der Waals surface area contributed by atoms with Gasteiger partial charge in [-0.3, -0.25) is 0 Å². The third kappa shape index (κ3) is 3.18. The van der Waals surface area contributed by atoms with Gasteiger partial charge in [-0.05, 0) is 12.3 Å². The molecule has 0 bridgehead atoms. The molecule has 0 amide bonds. The molecule has 0 fully saturated rings. The van der Waals surface area contributed by atoms with E-state index in [9.17, 15) is 13.6 Å². The second kappa shape index (κ2) is 6.62. The number of rotatable bonds is 4. The zero-order valence-electron chi connectivity index (χ0n) is 11.3. The van der Waals surface area contributed by atoms with Gasteiger partial charge in [0.05, 0.1) is 23.9 Å². The molecular formula is C14H12F2N2O2S. The minimum atomic E-state index is -2.73. The van der Waals surface area contributed by atoms with Crippen molar-refractivity contribution < 1.29 is 18.3 Å². The first-order valence-electron chi connectivity index (χ1n) is 5.95. The summed E-state index contributed by atoms with van der Waals surface area (Å²) in [5.74, 6) is -0.602. The number of ether oxygens (including phenoxy) is 1. The zero-order valence-corrected chi connectivity index (χ0v) is 12.2. The smallest absolute Gasteiger partial charge is 0.338 e. The Morgan fingerprint density at radius 1 is 1.33 bits per heavy atom. The van der Waals surface area contributed by atoms with Gasteiger partial charge in [0.1, 0.15) is 0 Å². The number of aromatic nitrogens is 2. The Labute approximate surface area is 124 Å². The normalized spacial score (nSPS) is 10.7. The number of thioether (sulfide) groups is 1. The van der Waals surface area contributed by atoms with Crippen molar-refractivity contribution in [1.29, 1.82) is 0 Å². The fraction of sp³-hybridized carbons (Fsp3) is 0.214. The molecule has 0 aliphatic rings. The number of carbonyl (C=O) groups is 1. The lowest BCUT2D eigenvalue weighted by molar-refractivity contribution is 0.0601. The number of nitrogens with zero attached hydrogens (tertiary/aromatic N) is 2. The summed E-state index contributed by atoms with van der Waals surface area (Å²) in [6.45, 7) is 0. The van der Waals surface area contributed by atoms with Crippen LogP contribution < -0.4 is 0 Å². The van der Waals surface area contributed by atoms with E-state index >= 15 is 0 Å². The predicted octanol–water partition coefficient (Wildman–Crippen LogP) is 3.59. The van der Waals surface area contributed by atoms with Crippen LogP contribution in [0.2, 0.25) is 0 Å². The summed E-state index contributed by atoms with van der Waals surface area (Å²) in [5, 5.41) is 0.356. The molecule has 110 valence electrons. The number of carbonyl (C=O) groups excluding carboxylic acids is 1. The van der Waals surface area contributed by atoms with E-state index in [1.807, 2.05) is 0 Å². The lowest BCUT2D eigenvalue weighted by atomic mass is 10.0. The van der Waals surface area contributed by atoms with E-state index in [2.05, 4.69) is 14.7 Å². The van der Waals surface area contributed by atoms with E-state index in [1.165, 1.54) is 24.9 Å². The molecule has 4 nitrogen and oxygen atoms in total. The summed E-state index contributed by atoms with van der Waals surface area (Å²) in [7, 11) is 1.24. The zero-order chi connectivity index (χ0) is 15.4. The number of alkyl halides is 2. The highest BCUT2D eigenvalue weighted by Crippen LogP contribution is 2.32. The highest BCUT2D eigenvalue weighted by atomic mass is 32.2. The van der Waals surface area contributed by atoms with E-state index in [1.54, 1.807) is 24.5 Å². The molecule has 2 rings (SSSR count). The van der Waals surface area contributed by atoms with E-state index in [0.29, 0.717) is 10.7 Å². The summed E-state index contributed by atoms with van der Waals surface area (Å²) in [4.78, 5) is 19.8. The van der Waals surface area contributed by atoms with Crippen LogP contribution >= 0.6 is 11.8 Å². The number of hydrogen-bond donors (Lipinski definition) is 0. The van der Waals surface area contributed by atoms with Gasteiger partial charge in [-0.2, -0.15) is 0 Å². The van der Waals surface area contributed by atoms with Crippen LogP contribution in [-0.4, -0.2) is 29.3 Å². The molecule has 0 spiro atoms. The van der Waals surface area contributed by atoms with Gasteiger partial charge in [0.15, 0.2) is 5.16 Å². The number of hydrogen-bond acceptors (Lipinski definition) is 5. The van der Waals surface area contributed by atoms with Gasteiger partial charge in [-0.15, -0.1) is 0 Å². The topological polar surface area (TPSA) is 52.1 Å². The monoisotopic (exact) mass is 310 g/mol. The van der Waals surface area contributed by atoms with Gasteiger partial charge in [-0.1, -0.05) is 30.0 Å².